The molecular formula is C22H34N2O5. The fourth-order valence-corrected chi connectivity index (χ4v) is 3.43. The number of methoxy groups -OCH3 is 2. The Balaban J connectivity index is 1.91. The van der Waals surface area contributed by atoms with Crippen LogP contribution in [0.2, 0.25) is 0 Å². The topological polar surface area (TPSA) is 68.3 Å². The first-order valence-corrected chi connectivity index (χ1v) is 10.1. The molecule has 1 aliphatic rings. The minimum absolute atomic E-state index is 0.0683. The Morgan fingerprint density at radius 3 is 2.48 bits per heavy atom. The van der Waals surface area contributed by atoms with Crippen molar-refractivity contribution in [2.24, 2.45) is 5.92 Å². The van der Waals surface area contributed by atoms with Crippen LogP contribution < -0.4 is 9.47 Å². The normalized spacial score (nSPS) is 16.9. The third-order valence-electron chi connectivity index (χ3n) is 4.98. The van der Waals surface area contributed by atoms with Gasteiger partial charge in [0.05, 0.1) is 20.1 Å². The average Bonchev–Trinajstić information content (AvgIpc) is 2.69. The van der Waals surface area contributed by atoms with Gasteiger partial charge >= 0.3 is 6.09 Å². The van der Waals surface area contributed by atoms with Crippen molar-refractivity contribution in [1.29, 1.82) is 0 Å². The second kappa shape index (κ2) is 9.85. The maximum atomic E-state index is 12.9. The number of hydrogen-bond acceptors (Lipinski definition) is 5. The first-order chi connectivity index (χ1) is 13.6. The maximum absolute atomic E-state index is 12.9. The monoisotopic (exact) mass is 406 g/mol. The van der Waals surface area contributed by atoms with Crippen LogP contribution in [0, 0.1) is 5.92 Å². The molecule has 2 rings (SSSR count). The van der Waals surface area contributed by atoms with Crippen molar-refractivity contribution in [3.63, 3.8) is 0 Å². The molecule has 1 heterocycles. The van der Waals surface area contributed by atoms with Crippen molar-refractivity contribution >= 4 is 12.0 Å². The lowest BCUT2D eigenvalue weighted by Crippen LogP contribution is -2.47. The Kier molecular flexibility index (Phi) is 7.76. The summed E-state index contributed by atoms with van der Waals surface area (Å²) in [5.41, 5.74) is 0.533. The maximum Gasteiger partial charge on any atom is 0.410 e. The van der Waals surface area contributed by atoms with Crippen LogP contribution in [0.25, 0.3) is 0 Å². The van der Waals surface area contributed by atoms with Crippen LogP contribution in [0.3, 0.4) is 0 Å². The van der Waals surface area contributed by atoms with Crippen molar-refractivity contribution in [3.05, 3.63) is 23.8 Å². The second-order valence-corrected chi connectivity index (χ2v) is 8.46. The standard InChI is InChI=1S/C22H34N2O5/c1-22(2,3)29-21(26)24-12-7-8-17(15-24)20(25)23(4)13-11-16-9-10-18(27-5)19(14-16)28-6/h9-10,14,17H,7-8,11-13,15H2,1-6H3. The molecule has 0 spiro atoms. The van der Waals surface area contributed by atoms with Gasteiger partial charge in [0, 0.05) is 26.7 Å². The summed E-state index contributed by atoms with van der Waals surface area (Å²) < 4.78 is 16.1. The Hall–Kier alpha value is -2.44. The van der Waals surface area contributed by atoms with Crippen molar-refractivity contribution in [3.8, 4) is 11.5 Å². The third-order valence-corrected chi connectivity index (χ3v) is 4.98. The first kappa shape index (κ1) is 22.8. The minimum Gasteiger partial charge on any atom is -0.493 e. The Morgan fingerprint density at radius 2 is 1.86 bits per heavy atom. The van der Waals surface area contributed by atoms with E-state index in [1.165, 1.54) is 0 Å². The Labute approximate surface area is 173 Å². The van der Waals surface area contributed by atoms with Crippen LogP contribution in [0.15, 0.2) is 18.2 Å². The molecule has 1 atom stereocenters. The highest BCUT2D eigenvalue weighted by Gasteiger charge is 2.32. The quantitative estimate of drug-likeness (QED) is 0.725. The van der Waals surface area contributed by atoms with E-state index in [1.807, 2.05) is 46.0 Å². The van der Waals surface area contributed by atoms with E-state index < -0.39 is 5.60 Å². The van der Waals surface area contributed by atoms with Crippen LogP contribution in [0.1, 0.15) is 39.2 Å². The Bertz CT molecular complexity index is 714. The molecule has 7 heteroatoms. The van der Waals surface area contributed by atoms with E-state index in [4.69, 9.17) is 14.2 Å². The molecule has 1 aliphatic heterocycles. The number of amides is 2. The molecule has 1 unspecified atom stereocenters. The van der Waals surface area contributed by atoms with Crippen molar-refractivity contribution < 1.29 is 23.8 Å². The number of piperidine rings is 1. The summed E-state index contributed by atoms with van der Waals surface area (Å²) in [5.74, 6) is 1.25. The predicted molar refractivity (Wildman–Crippen MR) is 111 cm³/mol. The predicted octanol–water partition coefficient (Wildman–Crippen LogP) is 3.35. The SMILES string of the molecule is COc1ccc(CCN(C)C(=O)C2CCCN(C(=O)OC(C)(C)C)C2)cc1OC. The van der Waals surface area contributed by atoms with Gasteiger partial charge in [-0.15, -0.1) is 0 Å². The number of benzene rings is 1. The summed E-state index contributed by atoms with van der Waals surface area (Å²) in [5, 5.41) is 0. The van der Waals surface area contributed by atoms with Gasteiger partial charge in [-0.05, 0) is 57.7 Å². The highest BCUT2D eigenvalue weighted by Crippen LogP contribution is 2.28. The molecule has 1 aromatic rings. The number of rotatable bonds is 6. The van der Waals surface area contributed by atoms with Crippen molar-refractivity contribution in [1.82, 2.24) is 9.80 Å². The number of hydrogen-bond donors (Lipinski definition) is 0. The summed E-state index contributed by atoms with van der Waals surface area (Å²) in [7, 11) is 5.03. The molecule has 0 N–H and O–H groups in total. The number of carbonyl (C=O) groups excluding carboxylic acids is 2. The van der Waals surface area contributed by atoms with Gasteiger partial charge in [-0.1, -0.05) is 6.07 Å². The molecule has 2 amide bonds. The molecule has 0 saturated carbocycles. The molecule has 1 fully saturated rings. The lowest BCUT2D eigenvalue weighted by molar-refractivity contribution is -0.135. The minimum atomic E-state index is -0.537. The Morgan fingerprint density at radius 1 is 1.17 bits per heavy atom. The van der Waals surface area contributed by atoms with Gasteiger partial charge in [0.2, 0.25) is 5.91 Å². The van der Waals surface area contributed by atoms with Gasteiger partial charge in [-0.25, -0.2) is 4.79 Å². The fraction of sp³-hybridized carbons (Fsp3) is 0.636. The van der Waals surface area contributed by atoms with E-state index >= 15 is 0 Å². The number of likely N-dealkylation sites (tertiary alicyclic amines) is 1. The number of ether oxygens (including phenoxy) is 3. The zero-order valence-electron chi connectivity index (χ0n) is 18.5. The van der Waals surface area contributed by atoms with E-state index in [0.29, 0.717) is 37.6 Å². The van der Waals surface area contributed by atoms with Gasteiger partial charge in [0.1, 0.15) is 5.60 Å². The molecule has 0 aromatic heterocycles. The first-order valence-electron chi connectivity index (χ1n) is 10.1. The lowest BCUT2D eigenvalue weighted by Gasteiger charge is -2.35. The zero-order chi connectivity index (χ0) is 21.6. The molecule has 29 heavy (non-hydrogen) atoms. The highest BCUT2D eigenvalue weighted by atomic mass is 16.6. The van der Waals surface area contributed by atoms with Crippen LogP contribution >= 0.6 is 0 Å². The summed E-state index contributed by atoms with van der Waals surface area (Å²) in [6.07, 6.45) is 1.96. The summed E-state index contributed by atoms with van der Waals surface area (Å²) >= 11 is 0. The second-order valence-electron chi connectivity index (χ2n) is 8.46. The molecule has 0 radical (unpaired) electrons. The smallest absolute Gasteiger partial charge is 0.410 e. The average molecular weight is 407 g/mol. The summed E-state index contributed by atoms with van der Waals surface area (Å²) in [4.78, 5) is 28.6. The third kappa shape index (κ3) is 6.54. The van der Waals surface area contributed by atoms with Crippen LogP contribution in [-0.2, 0) is 16.0 Å². The molecular weight excluding hydrogens is 372 g/mol. The van der Waals surface area contributed by atoms with E-state index in [2.05, 4.69) is 0 Å². The molecule has 7 nitrogen and oxygen atoms in total. The van der Waals surface area contributed by atoms with E-state index in [1.54, 1.807) is 24.0 Å². The number of nitrogens with zero attached hydrogens (tertiary/aromatic N) is 2. The van der Waals surface area contributed by atoms with Crippen LogP contribution in [0.4, 0.5) is 4.79 Å². The summed E-state index contributed by atoms with van der Waals surface area (Å²) in [6, 6.07) is 5.78. The zero-order valence-corrected chi connectivity index (χ0v) is 18.5. The van der Waals surface area contributed by atoms with E-state index in [-0.39, 0.29) is 17.9 Å². The van der Waals surface area contributed by atoms with Crippen molar-refractivity contribution in [2.75, 3.05) is 40.9 Å². The number of carbonyl (C=O) groups is 2. The van der Waals surface area contributed by atoms with Gasteiger partial charge in [0.15, 0.2) is 11.5 Å². The van der Waals surface area contributed by atoms with Gasteiger partial charge < -0.3 is 24.0 Å². The molecule has 0 bridgehead atoms. The molecule has 162 valence electrons. The number of likely N-dealkylation sites (N-methyl/N-ethyl adjacent to an activating group) is 1. The van der Waals surface area contributed by atoms with E-state index in [0.717, 1.165) is 18.4 Å². The van der Waals surface area contributed by atoms with Crippen LogP contribution in [-0.4, -0.2) is 68.3 Å². The molecule has 1 saturated heterocycles. The highest BCUT2D eigenvalue weighted by molar-refractivity contribution is 5.80. The van der Waals surface area contributed by atoms with Gasteiger partial charge in [-0.2, -0.15) is 0 Å². The van der Waals surface area contributed by atoms with Gasteiger partial charge in [0.25, 0.3) is 0 Å². The van der Waals surface area contributed by atoms with Crippen LogP contribution in [0.5, 0.6) is 11.5 Å². The lowest BCUT2D eigenvalue weighted by atomic mass is 9.96. The van der Waals surface area contributed by atoms with E-state index in [9.17, 15) is 9.59 Å². The van der Waals surface area contributed by atoms with Crippen molar-refractivity contribution in [2.45, 2.75) is 45.6 Å². The molecule has 0 aliphatic carbocycles. The summed E-state index contributed by atoms with van der Waals surface area (Å²) in [6.45, 7) is 7.18. The van der Waals surface area contributed by atoms with Gasteiger partial charge in [-0.3, -0.25) is 4.79 Å². The molecule has 1 aromatic carbocycles. The largest absolute Gasteiger partial charge is 0.493 e. The fourth-order valence-electron chi connectivity index (χ4n) is 3.43.